The summed E-state index contributed by atoms with van der Waals surface area (Å²) in [5, 5.41) is 10.3. The van der Waals surface area contributed by atoms with Crippen LogP contribution in [0.25, 0.3) is 0 Å². The van der Waals surface area contributed by atoms with E-state index in [4.69, 9.17) is 9.47 Å². The third-order valence-electron chi connectivity index (χ3n) is 4.92. The van der Waals surface area contributed by atoms with E-state index in [0.29, 0.717) is 23.6 Å². The Morgan fingerprint density at radius 2 is 1.88 bits per heavy atom. The molecule has 1 aliphatic carbocycles. The van der Waals surface area contributed by atoms with Crippen molar-refractivity contribution >= 4 is 11.8 Å². The van der Waals surface area contributed by atoms with E-state index in [9.17, 15) is 14.7 Å². The van der Waals surface area contributed by atoms with Crippen LogP contribution in [0.15, 0.2) is 18.2 Å². The molecule has 1 saturated heterocycles. The van der Waals surface area contributed by atoms with E-state index in [1.165, 1.54) is 19.1 Å². The highest BCUT2D eigenvalue weighted by Crippen LogP contribution is 2.29. The number of hydrogen-bond acceptors (Lipinski definition) is 5. The van der Waals surface area contributed by atoms with Gasteiger partial charge in [-0.3, -0.25) is 9.59 Å². The van der Waals surface area contributed by atoms with Gasteiger partial charge in [-0.1, -0.05) is 0 Å². The maximum Gasteiger partial charge on any atom is 0.254 e. The van der Waals surface area contributed by atoms with Crippen LogP contribution in [0.5, 0.6) is 11.5 Å². The largest absolute Gasteiger partial charge is 0.493 e. The molecule has 7 heteroatoms. The zero-order valence-electron chi connectivity index (χ0n) is 14.6. The lowest BCUT2D eigenvalue weighted by molar-refractivity contribution is -0.135. The molecule has 1 aromatic rings. The third-order valence-corrected chi connectivity index (χ3v) is 4.92. The van der Waals surface area contributed by atoms with Crippen molar-refractivity contribution in [2.24, 2.45) is 0 Å². The van der Waals surface area contributed by atoms with E-state index in [-0.39, 0.29) is 30.9 Å². The lowest BCUT2D eigenvalue weighted by Crippen LogP contribution is -2.47. The van der Waals surface area contributed by atoms with Crippen LogP contribution >= 0.6 is 0 Å². The fourth-order valence-corrected chi connectivity index (χ4v) is 3.32. The number of methoxy groups -OCH3 is 2. The fraction of sp³-hybridized carbons (Fsp3) is 0.556. The fourth-order valence-electron chi connectivity index (χ4n) is 3.32. The number of nitrogens with zero attached hydrogens (tertiary/aromatic N) is 2. The molecule has 1 N–H and O–H groups in total. The highest BCUT2D eigenvalue weighted by atomic mass is 16.5. The molecule has 0 bridgehead atoms. The molecule has 1 atom stereocenters. The van der Waals surface area contributed by atoms with Crippen LogP contribution in [0.1, 0.15) is 29.6 Å². The van der Waals surface area contributed by atoms with Crippen molar-refractivity contribution in [2.45, 2.75) is 31.4 Å². The zero-order valence-corrected chi connectivity index (χ0v) is 14.6. The van der Waals surface area contributed by atoms with Crippen molar-refractivity contribution in [3.63, 3.8) is 0 Å². The van der Waals surface area contributed by atoms with Gasteiger partial charge < -0.3 is 24.4 Å². The number of hydrogen-bond donors (Lipinski definition) is 1. The molecule has 1 aromatic carbocycles. The topological polar surface area (TPSA) is 79.3 Å². The summed E-state index contributed by atoms with van der Waals surface area (Å²) >= 11 is 0. The number of benzene rings is 1. The summed E-state index contributed by atoms with van der Waals surface area (Å²) in [6.07, 6.45) is 2.32. The smallest absolute Gasteiger partial charge is 0.254 e. The molecule has 0 spiro atoms. The van der Waals surface area contributed by atoms with Gasteiger partial charge in [-0.15, -0.1) is 0 Å². The number of aliphatic hydroxyl groups is 1. The zero-order chi connectivity index (χ0) is 18.0. The van der Waals surface area contributed by atoms with Crippen LogP contribution in [0.3, 0.4) is 0 Å². The van der Waals surface area contributed by atoms with E-state index < -0.39 is 6.10 Å². The van der Waals surface area contributed by atoms with Crippen molar-refractivity contribution in [3.05, 3.63) is 23.8 Å². The van der Waals surface area contributed by atoms with Crippen molar-refractivity contribution in [2.75, 3.05) is 33.9 Å². The lowest BCUT2D eigenvalue weighted by atomic mass is 9.91. The van der Waals surface area contributed by atoms with E-state index >= 15 is 0 Å². The maximum atomic E-state index is 12.8. The van der Waals surface area contributed by atoms with Gasteiger partial charge in [-0.25, -0.2) is 0 Å². The molecule has 1 heterocycles. The summed E-state index contributed by atoms with van der Waals surface area (Å²) in [4.78, 5) is 28.5. The van der Waals surface area contributed by atoms with E-state index in [2.05, 4.69) is 0 Å². The van der Waals surface area contributed by atoms with Crippen LogP contribution in [0, 0.1) is 0 Å². The molecule has 136 valence electrons. The number of aliphatic hydroxyl groups excluding tert-OH is 1. The predicted octanol–water partition coefficient (Wildman–Crippen LogP) is 0.902. The van der Waals surface area contributed by atoms with Crippen LogP contribution in [0.4, 0.5) is 0 Å². The quantitative estimate of drug-likeness (QED) is 0.875. The van der Waals surface area contributed by atoms with E-state index in [0.717, 1.165) is 19.3 Å². The van der Waals surface area contributed by atoms with Crippen molar-refractivity contribution in [3.8, 4) is 11.5 Å². The molecule has 1 unspecified atom stereocenters. The van der Waals surface area contributed by atoms with Gasteiger partial charge in [-0.05, 0) is 37.5 Å². The number of β-amino-alcohol motifs (C(OH)–C–C–N with tert-alkyl or cyclic N) is 1. The Kier molecular flexibility index (Phi) is 5.13. The standard InChI is InChI=1S/C18H24N2O5/c1-24-15-7-6-12(8-16(15)25-2)18(23)19-9-14(21)10-20(17(22)11-19)13-4-3-5-13/h6-8,13-14,21H,3-5,9-11H2,1-2H3. The SMILES string of the molecule is COc1ccc(C(=O)N2CC(=O)N(C3CCC3)CC(O)C2)cc1OC. The van der Waals surface area contributed by atoms with E-state index in [1.54, 1.807) is 23.1 Å². The number of amides is 2. The number of ether oxygens (including phenoxy) is 2. The van der Waals surface area contributed by atoms with Gasteiger partial charge in [0, 0.05) is 24.7 Å². The lowest BCUT2D eigenvalue weighted by Gasteiger charge is -2.37. The highest BCUT2D eigenvalue weighted by molar-refractivity contribution is 5.97. The van der Waals surface area contributed by atoms with Gasteiger partial charge in [-0.2, -0.15) is 0 Å². The normalized spacial score (nSPS) is 21.6. The molecule has 25 heavy (non-hydrogen) atoms. The molecule has 3 rings (SSSR count). The molecule has 1 aliphatic heterocycles. The summed E-state index contributed by atoms with van der Waals surface area (Å²) in [7, 11) is 3.03. The first-order chi connectivity index (χ1) is 12.0. The molecule has 0 radical (unpaired) electrons. The molecular weight excluding hydrogens is 324 g/mol. The average Bonchev–Trinajstić information content (AvgIpc) is 2.71. The summed E-state index contributed by atoms with van der Waals surface area (Å²) in [5.74, 6) is 0.576. The van der Waals surface area contributed by atoms with Crippen molar-refractivity contribution < 1.29 is 24.2 Å². The molecule has 2 aliphatic rings. The van der Waals surface area contributed by atoms with E-state index in [1.807, 2.05) is 0 Å². The van der Waals surface area contributed by atoms with Crippen molar-refractivity contribution in [1.82, 2.24) is 9.80 Å². The third kappa shape index (κ3) is 3.56. The Bertz CT molecular complexity index is 659. The summed E-state index contributed by atoms with van der Waals surface area (Å²) in [6, 6.07) is 5.09. The first kappa shape index (κ1) is 17.5. The number of carbonyl (C=O) groups is 2. The second-order valence-corrected chi connectivity index (χ2v) is 6.54. The molecule has 1 saturated carbocycles. The minimum atomic E-state index is -0.740. The Morgan fingerprint density at radius 3 is 2.48 bits per heavy atom. The summed E-state index contributed by atoms with van der Waals surface area (Å²) < 4.78 is 10.4. The number of rotatable bonds is 4. The summed E-state index contributed by atoms with van der Waals surface area (Å²) in [5.41, 5.74) is 0.398. The minimum absolute atomic E-state index is 0.0132. The van der Waals surface area contributed by atoms with Gasteiger partial charge >= 0.3 is 0 Å². The second-order valence-electron chi connectivity index (χ2n) is 6.54. The molecular formula is C18H24N2O5. The Balaban J connectivity index is 1.78. The monoisotopic (exact) mass is 348 g/mol. The Hall–Kier alpha value is -2.28. The second kappa shape index (κ2) is 7.31. The first-order valence-corrected chi connectivity index (χ1v) is 8.52. The van der Waals surface area contributed by atoms with Gasteiger partial charge in [0.05, 0.1) is 20.3 Å². The molecule has 7 nitrogen and oxygen atoms in total. The van der Waals surface area contributed by atoms with Crippen LogP contribution < -0.4 is 9.47 Å². The predicted molar refractivity (Wildman–Crippen MR) is 90.8 cm³/mol. The Morgan fingerprint density at radius 1 is 1.16 bits per heavy atom. The number of carbonyl (C=O) groups excluding carboxylic acids is 2. The first-order valence-electron chi connectivity index (χ1n) is 8.52. The van der Waals surface area contributed by atoms with Gasteiger partial charge in [0.15, 0.2) is 11.5 Å². The van der Waals surface area contributed by atoms with Gasteiger partial charge in [0.1, 0.15) is 6.54 Å². The van der Waals surface area contributed by atoms with Crippen molar-refractivity contribution in [1.29, 1.82) is 0 Å². The molecule has 2 fully saturated rings. The molecule has 0 aromatic heterocycles. The van der Waals surface area contributed by atoms with Crippen LogP contribution in [0.2, 0.25) is 0 Å². The highest BCUT2D eigenvalue weighted by Gasteiger charge is 2.35. The van der Waals surface area contributed by atoms with Crippen LogP contribution in [-0.2, 0) is 4.79 Å². The Labute approximate surface area is 147 Å². The summed E-state index contributed by atoms with van der Waals surface area (Å²) in [6.45, 7) is 0.419. The van der Waals surface area contributed by atoms with Gasteiger partial charge in [0.25, 0.3) is 5.91 Å². The average molecular weight is 348 g/mol. The van der Waals surface area contributed by atoms with Crippen LogP contribution in [-0.4, -0.2) is 72.7 Å². The van der Waals surface area contributed by atoms with Gasteiger partial charge in [0.2, 0.25) is 5.91 Å². The minimum Gasteiger partial charge on any atom is -0.493 e. The molecule has 2 amide bonds. The maximum absolute atomic E-state index is 12.8.